The van der Waals surface area contributed by atoms with Gasteiger partial charge in [-0.1, -0.05) is 12.8 Å². The summed E-state index contributed by atoms with van der Waals surface area (Å²) in [7, 11) is 1.90. The van der Waals surface area contributed by atoms with Crippen LogP contribution in [-0.4, -0.2) is 49.7 Å². The van der Waals surface area contributed by atoms with Gasteiger partial charge in [0.1, 0.15) is 6.61 Å². The summed E-state index contributed by atoms with van der Waals surface area (Å²) in [6.07, 6.45) is 5.09. The van der Waals surface area contributed by atoms with E-state index in [4.69, 9.17) is 4.74 Å². The molecule has 0 aromatic rings. The van der Waals surface area contributed by atoms with Crippen molar-refractivity contribution < 1.29 is 9.53 Å². The van der Waals surface area contributed by atoms with Crippen molar-refractivity contribution in [2.24, 2.45) is 0 Å². The first kappa shape index (κ1) is 13.7. The lowest BCUT2D eigenvalue weighted by Crippen LogP contribution is -2.50. The van der Waals surface area contributed by atoms with Crippen LogP contribution in [0.5, 0.6) is 0 Å². The molecule has 0 aromatic carbocycles. The third-order valence-corrected chi connectivity index (χ3v) is 3.45. The second-order valence-electron chi connectivity index (χ2n) is 4.53. The second-order valence-corrected chi connectivity index (χ2v) is 4.53. The van der Waals surface area contributed by atoms with E-state index in [1.54, 1.807) is 0 Å². The average Bonchev–Trinajstić information content (AvgIpc) is 2.66. The molecule has 5 heteroatoms. The summed E-state index contributed by atoms with van der Waals surface area (Å²) in [5.74, 6) is 0.133. The number of hydrogen-bond acceptors (Lipinski definition) is 3. The first-order valence-electron chi connectivity index (χ1n) is 5.85. The fourth-order valence-corrected chi connectivity index (χ4v) is 2.17. The number of ether oxygens (including phenoxy) is 1. The molecule has 1 N–H and O–H groups in total. The molecule has 2 aliphatic rings. The predicted octanol–water partition coefficient (Wildman–Crippen LogP) is 0.798. The van der Waals surface area contributed by atoms with Gasteiger partial charge in [0, 0.05) is 26.2 Å². The molecule has 94 valence electrons. The molecule has 0 unspecified atom stereocenters. The molecular weight excluding hydrogens is 228 g/mol. The molecule has 1 aliphatic heterocycles. The maximum atomic E-state index is 11.8. The van der Waals surface area contributed by atoms with Gasteiger partial charge < -0.3 is 15.0 Å². The Balaban J connectivity index is 0.00000128. The average molecular weight is 249 g/mol. The van der Waals surface area contributed by atoms with Gasteiger partial charge in [0.15, 0.2) is 0 Å². The lowest BCUT2D eigenvalue weighted by molar-refractivity contribution is -0.139. The van der Waals surface area contributed by atoms with Crippen LogP contribution in [0.1, 0.15) is 25.7 Å². The van der Waals surface area contributed by atoms with E-state index in [0.717, 1.165) is 25.9 Å². The van der Waals surface area contributed by atoms with Gasteiger partial charge in [-0.2, -0.15) is 0 Å². The highest BCUT2D eigenvalue weighted by Gasteiger charge is 2.25. The molecule has 1 amide bonds. The Kier molecular flexibility index (Phi) is 5.52. The molecule has 1 aliphatic carbocycles. The largest absolute Gasteiger partial charge is 0.366 e. The normalized spacial score (nSPS) is 21.3. The van der Waals surface area contributed by atoms with Crippen LogP contribution in [0.3, 0.4) is 0 Å². The van der Waals surface area contributed by atoms with E-state index in [0.29, 0.717) is 6.04 Å². The molecule has 0 spiro atoms. The number of amides is 1. The number of hydrogen-bond donors (Lipinski definition) is 1. The molecule has 16 heavy (non-hydrogen) atoms. The smallest absolute Gasteiger partial charge is 0.248 e. The van der Waals surface area contributed by atoms with Gasteiger partial charge in [0.05, 0.1) is 6.10 Å². The van der Waals surface area contributed by atoms with Crippen LogP contribution in [0.2, 0.25) is 0 Å². The van der Waals surface area contributed by atoms with E-state index in [1.165, 1.54) is 12.8 Å². The Morgan fingerprint density at radius 3 is 2.50 bits per heavy atom. The van der Waals surface area contributed by atoms with Crippen molar-refractivity contribution in [3.63, 3.8) is 0 Å². The number of halogens is 1. The summed E-state index contributed by atoms with van der Waals surface area (Å²) in [6, 6.07) is 0.459. The Morgan fingerprint density at radius 2 is 2.00 bits per heavy atom. The molecule has 4 nitrogen and oxygen atoms in total. The predicted molar refractivity (Wildman–Crippen MR) is 64.9 cm³/mol. The zero-order valence-corrected chi connectivity index (χ0v) is 10.6. The van der Waals surface area contributed by atoms with Gasteiger partial charge in [-0.3, -0.25) is 4.79 Å². The molecule has 0 aromatic heterocycles. The number of likely N-dealkylation sites (N-methyl/N-ethyl adjacent to an activating group) is 1. The van der Waals surface area contributed by atoms with Gasteiger partial charge in [0.2, 0.25) is 5.91 Å². The fraction of sp³-hybridized carbons (Fsp3) is 0.909. The summed E-state index contributed by atoms with van der Waals surface area (Å²) < 4.78 is 5.47. The van der Waals surface area contributed by atoms with Gasteiger partial charge in [-0.05, 0) is 12.8 Å². The molecular formula is C11H21ClN2O2. The van der Waals surface area contributed by atoms with Crippen LogP contribution in [0, 0.1) is 0 Å². The van der Waals surface area contributed by atoms with Crippen molar-refractivity contribution in [2.75, 3.05) is 26.7 Å². The topological polar surface area (TPSA) is 41.6 Å². The van der Waals surface area contributed by atoms with Crippen molar-refractivity contribution >= 4 is 18.3 Å². The van der Waals surface area contributed by atoms with Gasteiger partial charge >= 0.3 is 0 Å². The molecule has 2 rings (SSSR count). The lowest BCUT2D eigenvalue weighted by Gasteiger charge is -2.29. The van der Waals surface area contributed by atoms with E-state index in [2.05, 4.69) is 5.32 Å². The first-order valence-corrected chi connectivity index (χ1v) is 5.85. The Morgan fingerprint density at radius 1 is 1.38 bits per heavy atom. The van der Waals surface area contributed by atoms with Crippen LogP contribution in [0.4, 0.5) is 0 Å². The van der Waals surface area contributed by atoms with Crippen LogP contribution in [0.25, 0.3) is 0 Å². The Labute approximate surface area is 103 Å². The quantitative estimate of drug-likeness (QED) is 0.800. The summed E-state index contributed by atoms with van der Waals surface area (Å²) in [5.41, 5.74) is 0. The summed E-state index contributed by atoms with van der Waals surface area (Å²) >= 11 is 0. The van der Waals surface area contributed by atoms with E-state index in [-0.39, 0.29) is 31.0 Å². The molecule has 0 bridgehead atoms. The second kappa shape index (κ2) is 6.42. The maximum absolute atomic E-state index is 11.8. The minimum Gasteiger partial charge on any atom is -0.366 e. The summed E-state index contributed by atoms with van der Waals surface area (Å²) in [5, 5.41) is 3.12. The standard InChI is InChI=1S/C11H20N2O2.ClH/c1-13(9-4-2-3-5-9)11(14)8-15-10-6-12-7-10;/h9-10,12H,2-8H2,1H3;1H. The molecule has 1 saturated heterocycles. The Bertz CT molecular complexity index is 228. The molecule has 2 fully saturated rings. The van der Waals surface area contributed by atoms with Crippen molar-refractivity contribution in [2.45, 2.75) is 37.8 Å². The SMILES string of the molecule is CN(C(=O)COC1CNC1)C1CCCC1.Cl. The van der Waals surface area contributed by atoms with Gasteiger partial charge in [-0.25, -0.2) is 0 Å². The third-order valence-electron chi connectivity index (χ3n) is 3.45. The number of nitrogens with one attached hydrogen (secondary N) is 1. The summed E-state index contributed by atoms with van der Waals surface area (Å²) in [6.45, 7) is 2.03. The zero-order valence-electron chi connectivity index (χ0n) is 9.78. The molecule has 1 heterocycles. The minimum atomic E-state index is 0. The van der Waals surface area contributed by atoms with E-state index >= 15 is 0 Å². The highest BCUT2D eigenvalue weighted by molar-refractivity contribution is 5.85. The van der Waals surface area contributed by atoms with Crippen molar-refractivity contribution in [3.05, 3.63) is 0 Å². The van der Waals surface area contributed by atoms with Crippen LogP contribution in [0.15, 0.2) is 0 Å². The number of carbonyl (C=O) groups excluding carboxylic acids is 1. The van der Waals surface area contributed by atoms with Crippen LogP contribution < -0.4 is 5.32 Å². The third kappa shape index (κ3) is 3.34. The van der Waals surface area contributed by atoms with Gasteiger partial charge in [-0.15, -0.1) is 12.4 Å². The highest BCUT2D eigenvalue weighted by atomic mass is 35.5. The number of rotatable bonds is 4. The zero-order chi connectivity index (χ0) is 10.7. The van der Waals surface area contributed by atoms with Crippen molar-refractivity contribution in [1.82, 2.24) is 10.2 Å². The number of carbonyl (C=O) groups is 1. The van der Waals surface area contributed by atoms with Gasteiger partial charge in [0.25, 0.3) is 0 Å². The van der Waals surface area contributed by atoms with Crippen LogP contribution >= 0.6 is 12.4 Å². The lowest BCUT2D eigenvalue weighted by atomic mass is 10.2. The fourth-order valence-electron chi connectivity index (χ4n) is 2.17. The molecule has 0 radical (unpaired) electrons. The van der Waals surface area contributed by atoms with Crippen LogP contribution in [-0.2, 0) is 9.53 Å². The summed E-state index contributed by atoms with van der Waals surface area (Å²) in [4.78, 5) is 13.6. The molecule has 1 saturated carbocycles. The minimum absolute atomic E-state index is 0. The van der Waals surface area contributed by atoms with E-state index in [1.807, 2.05) is 11.9 Å². The first-order chi connectivity index (χ1) is 7.27. The highest BCUT2D eigenvalue weighted by Crippen LogP contribution is 2.22. The maximum Gasteiger partial charge on any atom is 0.248 e. The number of nitrogens with zero attached hydrogens (tertiary/aromatic N) is 1. The van der Waals surface area contributed by atoms with E-state index in [9.17, 15) is 4.79 Å². The monoisotopic (exact) mass is 248 g/mol. The van der Waals surface area contributed by atoms with E-state index < -0.39 is 0 Å². The Hall–Kier alpha value is -0.320. The molecule has 0 atom stereocenters. The van der Waals surface area contributed by atoms with Crippen molar-refractivity contribution in [3.8, 4) is 0 Å². The van der Waals surface area contributed by atoms with Crippen molar-refractivity contribution in [1.29, 1.82) is 0 Å².